The third kappa shape index (κ3) is 5.43. The van der Waals surface area contributed by atoms with Crippen LogP contribution in [0.2, 0.25) is 0 Å². The van der Waals surface area contributed by atoms with Gasteiger partial charge in [-0.3, -0.25) is 4.79 Å². The van der Waals surface area contributed by atoms with Crippen LogP contribution in [-0.4, -0.2) is 67.8 Å². The Kier molecular flexibility index (Phi) is 7.02. The molecule has 7 rings (SSSR count). The van der Waals surface area contributed by atoms with Gasteiger partial charge >= 0.3 is 0 Å². The minimum absolute atomic E-state index is 0.290. The zero-order valence-corrected chi connectivity index (χ0v) is 23.6. The number of likely N-dealkylation sites (N-methyl/N-ethyl adjacent to an activating group) is 1. The normalized spacial score (nSPS) is 13.7. The predicted molar refractivity (Wildman–Crippen MR) is 169 cm³/mol. The number of piperazine rings is 1. The minimum Gasteiger partial charge on any atom is -0.369 e. The van der Waals surface area contributed by atoms with Crippen molar-refractivity contribution in [3.05, 3.63) is 114 Å². The fraction of sp³-hybridized carbons (Fsp3) is 0.152. The van der Waals surface area contributed by atoms with Crippen molar-refractivity contribution in [3.8, 4) is 28.3 Å². The topological polar surface area (TPSA) is 105 Å². The van der Waals surface area contributed by atoms with Crippen LogP contribution in [-0.2, 0) is 0 Å². The van der Waals surface area contributed by atoms with Crippen molar-refractivity contribution in [1.29, 1.82) is 0 Å². The Labute approximate surface area is 248 Å². The van der Waals surface area contributed by atoms with E-state index in [0.29, 0.717) is 34.1 Å². The summed E-state index contributed by atoms with van der Waals surface area (Å²) in [6, 6.07) is 27.2. The van der Waals surface area contributed by atoms with Gasteiger partial charge < -0.3 is 15.1 Å². The number of anilines is 3. The molecule has 3 aromatic heterocycles. The van der Waals surface area contributed by atoms with E-state index < -0.39 is 0 Å². The van der Waals surface area contributed by atoms with E-state index >= 15 is 0 Å². The fourth-order valence-corrected chi connectivity index (χ4v) is 5.20. The second-order valence-corrected chi connectivity index (χ2v) is 10.5. The zero-order valence-electron chi connectivity index (χ0n) is 23.6. The SMILES string of the molecule is CN1CCN(c2ccc(Nc3ncc4c(=O)n(-c5ccccc5)nc(-c5ccc(-c6ncccn6)cc5)c4n3)cc2)CC1. The second kappa shape index (κ2) is 11.4. The predicted octanol–water partition coefficient (Wildman–Crippen LogP) is 4.80. The van der Waals surface area contributed by atoms with Crippen LogP contribution in [0.15, 0.2) is 108 Å². The van der Waals surface area contributed by atoms with E-state index in [4.69, 9.17) is 10.1 Å². The van der Waals surface area contributed by atoms with E-state index in [1.165, 1.54) is 10.4 Å². The van der Waals surface area contributed by atoms with Crippen LogP contribution in [0.5, 0.6) is 0 Å². The second-order valence-electron chi connectivity index (χ2n) is 10.5. The molecule has 4 heterocycles. The maximum atomic E-state index is 13.6. The van der Waals surface area contributed by atoms with Crippen LogP contribution in [0.3, 0.4) is 0 Å². The van der Waals surface area contributed by atoms with E-state index in [0.717, 1.165) is 43.0 Å². The van der Waals surface area contributed by atoms with Gasteiger partial charge in [-0.1, -0.05) is 42.5 Å². The average Bonchev–Trinajstić information content (AvgIpc) is 3.07. The van der Waals surface area contributed by atoms with Crippen molar-refractivity contribution in [3.63, 3.8) is 0 Å². The number of aromatic nitrogens is 6. The van der Waals surface area contributed by atoms with E-state index in [-0.39, 0.29) is 5.56 Å². The lowest BCUT2D eigenvalue weighted by molar-refractivity contribution is 0.313. The minimum atomic E-state index is -0.290. The third-order valence-electron chi connectivity index (χ3n) is 7.61. The molecule has 10 nitrogen and oxygen atoms in total. The van der Waals surface area contributed by atoms with Crippen LogP contribution < -0.4 is 15.8 Å². The van der Waals surface area contributed by atoms with Gasteiger partial charge in [-0.05, 0) is 49.5 Å². The summed E-state index contributed by atoms with van der Waals surface area (Å²) in [5.74, 6) is 1.02. The summed E-state index contributed by atoms with van der Waals surface area (Å²) < 4.78 is 1.40. The third-order valence-corrected chi connectivity index (χ3v) is 7.61. The number of rotatable bonds is 6. The number of nitrogens with one attached hydrogen (secondary N) is 1. The Balaban J connectivity index is 1.26. The molecule has 0 atom stereocenters. The van der Waals surface area contributed by atoms with Gasteiger partial charge in [-0.25, -0.2) is 19.9 Å². The molecule has 0 aliphatic carbocycles. The molecule has 10 heteroatoms. The van der Waals surface area contributed by atoms with Crippen molar-refractivity contribution in [2.45, 2.75) is 0 Å². The molecule has 0 amide bonds. The van der Waals surface area contributed by atoms with Gasteiger partial charge in [0, 0.05) is 67.3 Å². The van der Waals surface area contributed by atoms with Gasteiger partial charge in [0.05, 0.1) is 11.1 Å². The molecule has 3 aromatic carbocycles. The van der Waals surface area contributed by atoms with Crippen molar-refractivity contribution >= 4 is 28.2 Å². The first-order valence-corrected chi connectivity index (χ1v) is 14.2. The number of hydrogen-bond acceptors (Lipinski definition) is 9. The van der Waals surface area contributed by atoms with Crippen LogP contribution in [0.4, 0.5) is 17.3 Å². The summed E-state index contributed by atoms with van der Waals surface area (Å²) in [5, 5.41) is 8.49. The van der Waals surface area contributed by atoms with Crippen LogP contribution >= 0.6 is 0 Å². The van der Waals surface area contributed by atoms with Crippen LogP contribution in [0.25, 0.3) is 39.2 Å². The maximum absolute atomic E-state index is 13.6. The van der Waals surface area contributed by atoms with Gasteiger partial charge in [0.2, 0.25) is 5.95 Å². The lowest BCUT2D eigenvalue weighted by Gasteiger charge is -2.34. The largest absolute Gasteiger partial charge is 0.369 e. The molecule has 1 aliphatic rings. The van der Waals surface area contributed by atoms with Crippen molar-refractivity contribution < 1.29 is 0 Å². The number of benzene rings is 3. The molecule has 6 aromatic rings. The van der Waals surface area contributed by atoms with Crippen LogP contribution in [0, 0.1) is 0 Å². The van der Waals surface area contributed by atoms with E-state index in [9.17, 15) is 4.79 Å². The summed E-state index contributed by atoms with van der Waals surface area (Å²) in [6.07, 6.45) is 5.00. The molecule has 212 valence electrons. The number of hydrogen-bond donors (Lipinski definition) is 1. The lowest BCUT2D eigenvalue weighted by atomic mass is 10.1. The van der Waals surface area contributed by atoms with Gasteiger partial charge in [0.1, 0.15) is 11.2 Å². The number of para-hydroxylation sites is 1. The lowest BCUT2D eigenvalue weighted by Crippen LogP contribution is -2.44. The molecule has 0 radical (unpaired) electrons. The Morgan fingerprint density at radius 1 is 0.721 bits per heavy atom. The standard InChI is InChI=1S/C33H29N9O/c1-40-18-20-41(21-19-40)26-14-12-25(13-15-26)37-33-36-22-28-30(38-33)29(39-42(32(28)43)27-6-3-2-4-7-27)23-8-10-24(11-9-23)31-34-16-5-17-35-31/h2-17,22H,18-21H2,1H3,(H,36,37,38). The number of fused-ring (bicyclic) bond motifs is 1. The fourth-order valence-electron chi connectivity index (χ4n) is 5.20. The molecule has 0 spiro atoms. The summed E-state index contributed by atoms with van der Waals surface area (Å²) >= 11 is 0. The first kappa shape index (κ1) is 26.4. The molecule has 43 heavy (non-hydrogen) atoms. The Morgan fingerprint density at radius 3 is 2.14 bits per heavy atom. The summed E-state index contributed by atoms with van der Waals surface area (Å²) in [6.45, 7) is 4.12. The van der Waals surface area contributed by atoms with Crippen molar-refractivity contribution in [1.82, 2.24) is 34.6 Å². The first-order valence-electron chi connectivity index (χ1n) is 14.2. The highest BCUT2D eigenvalue weighted by molar-refractivity contribution is 5.91. The summed E-state index contributed by atoms with van der Waals surface area (Å²) in [5.41, 5.74) is 5.13. The molecule has 0 unspecified atom stereocenters. The van der Waals surface area contributed by atoms with Gasteiger partial charge in [-0.15, -0.1) is 0 Å². The molecule has 1 fully saturated rings. The molecule has 0 saturated carbocycles. The summed E-state index contributed by atoms with van der Waals surface area (Å²) in [7, 11) is 2.15. The highest BCUT2D eigenvalue weighted by atomic mass is 16.1. The molecule has 1 N–H and O–H groups in total. The van der Waals surface area contributed by atoms with Gasteiger partial charge in [0.15, 0.2) is 5.82 Å². The maximum Gasteiger partial charge on any atom is 0.282 e. The molecular weight excluding hydrogens is 538 g/mol. The van der Waals surface area contributed by atoms with E-state index in [1.54, 1.807) is 24.7 Å². The quantitative estimate of drug-likeness (QED) is 0.304. The van der Waals surface area contributed by atoms with Gasteiger partial charge in [0.25, 0.3) is 5.56 Å². The highest BCUT2D eigenvalue weighted by Gasteiger charge is 2.18. The smallest absolute Gasteiger partial charge is 0.282 e. The first-order chi connectivity index (χ1) is 21.1. The van der Waals surface area contributed by atoms with E-state index in [1.807, 2.05) is 66.7 Å². The molecule has 1 aliphatic heterocycles. The van der Waals surface area contributed by atoms with Gasteiger partial charge in [-0.2, -0.15) is 9.78 Å². The molecular formula is C33H29N9O. The number of nitrogens with zero attached hydrogens (tertiary/aromatic N) is 8. The molecule has 1 saturated heterocycles. The monoisotopic (exact) mass is 567 g/mol. The zero-order chi connectivity index (χ0) is 29.2. The summed E-state index contributed by atoms with van der Waals surface area (Å²) in [4.78, 5) is 36.3. The molecule has 0 bridgehead atoms. The highest BCUT2D eigenvalue weighted by Crippen LogP contribution is 2.28. The Morgan fingerprint density at radius 2 is 1.42 bits per heavy atom. The van der Waals surface area contributed by atoms with E-state index in [2.05, 4.69) is 49.2 Å². The van der Waals surface area contributed by atoms with Crippen molar-refractivity contribution in [2.24, 2.45) is 0 Å². The average molecular weight is 568 g/mol. The van der Waals surface area contributed by atoms with Crippen molar-refractivity contribution in [2.75, 3.05) is 43.4 Å². The Bertz CT molecular complexity index is 1920. The Hall–Kier alpha value is -5.48. The van der Waals surface area contributed by atoms with Crippen LogP contribution in [0.1, 0.15) is 0 Å².